The van der Waals surface area contributed by atoms with Crippen LogP contribution in [0.4, 0.5) is 4.79 Å². The summed E-state index contributed by atoms with van der Waals surface area (Å²) in [5.41, 5.74) is 2.21. The van der Waals surface area contributed by atoms with E-state index in [1.54, 1.807) is 12.0 Å². The first-order chi connectivity index (χ1) is 18.6. The highest BCUT2D eigenvalue weighted by molar-refractivity contribution is 6.30. The second kappa shape index (κ2) is 12.8. The number of methoxy groups -OCH3 is 1. The van der Waals surface area contributed by atoms with Crippen LogP contribution in [-0.4, -0.2) is 91.0 Å². The first kappa shape index (κ1) is 28.9. The van der Waals surface area contributed by atoms with Crippen LogP contribution in [0, 0.1) is 0 Å². The molecule has 10 heteroatoms. The molecule has 2 heterocycles. The molecule has 0 saturated carbocycles. The van der Waals surface area contributed by atoms with Crippen molar-refractivity contribution in [2.75, 3.05) is 53.0 Å². The summed E-state index contributed by atoms with van der Waals surface area (Å²) in [7, 11) is 1.62. The summed E-state index contributed by atoms with van der Waals surface area (Å²) >= 11 is 6.14. The zero-order valence-electron chi connectivity index (χ0n) is 23.2. The molecule has 210 valence electrons. The van der Waals surface area contributed by atoms with Gasteiger partial charge in [-0.25, -0.2) is 9.80 Å². The second-order valence-corrected chi connectivity index (χ2v) is 11.3. The standard InChI is InChI=1S/C29H38ClN5O4/c1-29(2,3)31-28(37)34(14-13-33-15-17-39-18-16-33)20-27(36)35-26(22-5-9-23(30)10-6-22)19-25(32-35)21-7-11-24(38-4)12-8-21/h5-12,26H,13-20H2,1-4H3,(H,31,37)/t26-/m1/s1. The van der Waals surface area contributed by atoms with E-state index in [1.165, 1.54) is 5.01 Å². The van der Waals surface area contributed by atoms with E-state index in [0.29, 0.717) is 37.7 Å². The van der Waals surface area contributed by atoms with Crippen molar-refractivity contribution in [3.8, 4) is 5.75 Å². The van der Waals surface area contributed by atoms with E-state index < -0.39 is 5.54 Å². The van der Waals surface area contributed by atoms with E-state index in [4.69, 9.17) is 26.2 Å². The first-order valence-electron chi connectivity index (χ1n) is 13.3. The first-order valence-corrected chi connectivity index (χ1v) is 13.7. The summed E-state index contributed by atoms with van der Waals surface area (Å²) in [6.07, 6.45) is 0.543. The quantitative estimate of drug-likeness (QED) is 0.528. The van der Waals surface area contributed by atoms with E-state index in [0.717, 1.165) is 35.7 Å². The van der Waals surface area contributed by atoms with Gasteiger partial charge in [-0.1, -0.05) is 23.7 Å². The fourth-order valence-corrected chi connectivity index (χ4v) is 4.74. The number of nitrogens with one attached hydrogen (secondary N) is 1. The predicted octanol–water partition coefficient (Wildman–Crippen LogP) is 4.17. The molecule has 3 amide bonds. The zero-order valence-corrected chi connectivity index (χ0v) is 23.9. The van der Waals surface area contributed by atoms with Gasteiger partial charge in [0.05, 0.1) is 32.1 Å². The monoisotopic (exact) mass is 555 g/mol. The molecule has 0 spiro atoms. The Labute approximate surface area is 235 Å². The van der Waals surface area contributed by atoms with Gasteiger partial charge < -0.3 is 19.7 Å². The number of halogens is 1. The Morgan fingerprint density at radius 2 is 1.77 bits per heavy atom. The highest BCUT2D eigenvalue weighted by Gasteiger charge is 2.35. The number of benzene rings is 2. The average molecular weight is 556 g/mol. The van der Waals surface area contributed by atoms with Crippen LogP contribution in [0.3, 0.4) is 0 Å². The molecule has 0 radical (unpaired) electrons. The Hall–Kier alpha value is -3.14. The molecule has 39 heavy (non-hydrogen) atoms. The van der Waals surface area contributed by atoms with Gasteiger partial charge in [0.1, 0.15) is 12.3 Å². The minimum absolute atomic E-state index is 0.0876. The zero-order chi connectivity index (χ0) is 28.0. The van der Waals surface area contributed by atoms with Crippen LogP contribution in [0.1, 0.15) is 44.4 Å². The minimum atomic E-state index is -0.434. The summed E-state index contributed by atoms with van der Waals surface area (Å²) in [5, 5.41) is 9.93. The van der Waals surface area contributed by atoms with Crippen LogP contribution >= 0.6 is 11.6 Å². The molecule has 2 aliphatic heterocycles. The molecule has 1 fully saturated rings. The molecule has 0 aliphatic carbocycles. The predicted molar refractivity (Wildman–Crippen MR) is 152 cm³/mol. The van der Waals surface area contributed by atoms with Gasteiger partial charge in [-0.05, 0) is 68.3 Å². The molecule has 0 bridgehead atoms. The number of hydrogen-bond donors (Lipinski definition) is 1. The lowest BCUT2D eigenvalue weighted by Gasteiger charge is -2.32. The maximum atomic E-state index is 13.8. The third-order valence-corrected chi connectivity index (χ3v) is 6.98. The van der Waals surface area contributed by atoms with Crippen molar-refractivity contribution in [1.29, 1.82) is 0 Å². The highest BCUT2D eigenvalue weighted by atomic mass is 35.5. The number of morpholine rings is 1. The van der Waals surface area contributed by atoms with Crippen LogP contribution < -0.4 is 10.1 Å². The molecule has 0 aromatic heterocycles. The minimum Gasteiger partial charge on any atom is -0.497 e. The topological polar surface area (TPSA) is 86.7 Å². The highest BCUT2D eigenvalue weighted by Crippen LogP contribution is 2.34. The molecule has 0 unspecified atom stereocenters. The number of ether oxygens (including phenoxy) is 2. The van der Waals surface area contributed by atoms with Crippen molar-refractivity contribution in [2.45, 2.75) is 38.8 Å². The summed E-state index contributed by atoms with van der Waals surface area (Å²) in [5.74, 6) is 0.504. The number of carbonyl (C=O) groups excluding carboxylic acids is 2. The van der Waals surface area contributed by atoms with E-state index >= 15 is 0 Å². The number of carbonyl (C=O) groups is 2. The smallest absolute Gasteiger partial charge is 0.318 e. The van der Waals surface area contributed by atoms with Crippen LogP contribution in [-0.2, 0) is 9.53 Å². The van der Waals surface area contributed by atoms with Gasteiger partial charge in [0.2, 0.25) is 0 Å². The van der Waals surface area contributed by atoms with Crippen molar-refractivity contribution in [2.24, 2.45) is 5.10 Å². The Bertz CT molecular complexity index is 1160. The number of amides is 3. The van der Waals surface area contributed by atoms with Crippen molar-refractivity contribution >= 4 is 29.3 Å². The molecule has 2 aromatic rings. The van der Waals surface area contributed by atoms with Crippen LogP contribution in [0.2, 0.25) is 5.02 Å². The second-order valence-electron chi connectivity index (χ2n) is 10.8. The molecule has 2 aliphatic rings. The van der Waals surface area contributed by atoms with Gasteiger partial charge in [0, 0.05) is 43.2 Å². The molecule has 1 atom stereocenters. The Morgan fingerprint density at radius 1 is 1.10 bits per heavy atom. The average Bonchev–Trinajstić information content (AvgIpc) is 3.36. The number of hydrazone groups is 1. The Kier molecular flexibility index (Phi) is 9.48. The van der Waals surface area contributed by atoms with Gasteiger partial charge in [-0.2, -0.15) is 5.10 Å². The van der Waals surface area contributed by atoms with E-state index in [9.17, 15) is 9.59 Å². The molecular weight excluding hydrogens is 518 g/mol. The van der Waals surface area contributed by atoms with E-state index in [-0.39, 0.29) is 24.5 Å². The van der Waals surface area contributed by atoms with Crippen LogP contribution in [0.25, 0.3) is 0 Å². The summed E-state index contributed by atoms with van der Waals surface area (Å²) in [6.45, 7) is 9.73. The van der Waals surface area contributed by atoms with Gasteiger partial charge in [0.15, 0.2) is 0 Å². The normalized spacial score (nSPS) is 18.0. The summed E-state index contributed by atoms with van der Waals surface area (Å²) in [4.78, 5) is 30.9. The van der Waals surface area contributed by atoms with Crippen molar-refractivity contribution < 1.29 is 19.1 Å². The van der Waals surface area contributed by atoms with Gasteiger partial charge in [0.25, 0.3) is 5.91 Å². The van der Waals surface area contributed by atoms with Crippen molar-refractivity contribution in [3.05, 3.63) is 64.7 Å². The fourth-order valence-electron chi connectivity index (χ4n) is 4.62. The number of rotatable bonds is 8. The Balaban J connectivity index is 1.57. The third kappa shape index (κ3) is 7.94. The third-order valence-electron chi connectivity index (χ3n) is 6.73. The largest absolute Gasteiger partial charge is 0.497 e. The van der Waals surface area contributed by atoms with Crippen molar-refractivity contribution in [1.82, 2.24) is 20.1 Å². The lowest BCUT2D eigenvalue weighted by molar-refractivity contribution is -0.133. The van der Waals surface area contributed by atoms with Crippen molar-refractivity contribution in [3.63, 3.8) is 0 Å². The lowest BCUT2D eigenvalue weighted by atomic mass is 9.98. The molecule has 1 saturated heterocycles. The van der Waals surface area contributed by atoms with Gasteiger partial charge in [-0.3, -0.25) is 9.69 Å². The fraction of sp³-hybridized carbons (Fsp3) is 0.483. The summed E-state index contributed by atoms with van der Waals surface area (Å²) in [6, 6.07) is 14.5. The number of hydrogen-bond acceptors (Lipinski definition) is 6. The molecular formula is C29H38ClN5O4. The SMILES string of the molecule is COc1ccc(C2=NN(C(=O)CN(CCN3CCOCC3)C(=O)NC(C)(C)C)[C@@H](c3ccc(Cl)cc3)C2)cc1. The lowest BCUT2D eigenvalue weighted by Crippen LogP contribution is -2.53. The van der Waals surface area contributed by atoms with E-state index in [2.05, 4.69) is 10.2 Å². The van der Waals surface area contributed by atoms with Crippen LogP contribution in [0.15, 0.2) is 53.6 Å². The van der Waals surface area contributed by atoms with E-state index in [1.807, 2.05) is 69.3 Å². The molecule has 4 rings (SSSR count). The number of urea groups is 1. The summed E-state index contributed by atoms with van der Waals surface area (Å²) < 4.78 is 10.7. The maximum absolute atomic E-state index is 13.8. The van der Waals surface area contributed by atoms with Gasteiger partial charge in [-0.15, -0.1) is 0 Å². The van der Waals surface area contributed by atoms with Crippen LogP contribution in [0.5, 0.6) is 5.75 Å². The number of nitrogens with zero attached hydrogens (tertiary/aromatic N) is 4. The van der Waals surface area contributed by atoms with Gasteiger partial charge >= 0.3 is 6.03 Å². The maximum Gasteiger partial charge on any atom is 0.318 e. The molecule has 1 N–H and O–H groups in total. The Morgan fingerprint density at radius 3 is 2.38 bits per heavy atom. The molecule has 2 aromatic carbocycles. The molecule has 9 nitrogen and oxygen atoms in total.